The van der Waals surface area contributed by atoms with Crippen molar-refractivity contribution in [2.45, 2.75) is 6.92 Å². The van der Waals surface area contributed by atoms with E-state index in [1.807, 2.05) is 0 Å². The number of nitrogen functional groups attached to an aromatic ring is 1. The van der Waals surface area contributed by atoms with E-state index in [1.165, 1.54) is 14.2 Å². The first kappa shape index (κ1) is 11.2. The van der Waals surface area contributed by atoms with Crippen molar-refractivity contribution in [1.82, 2.24) is 0 Å². The maximum atomic E-state index is 8.66. The predicted molar refractivity (Wildman–Crippen MR) is 58.0 cm³/mol. The minimum Gasteiger partial charge on any atom is -0.493 e. The fourth-order valence-electron chi connectivity index (χ4n) is 1.26. The van der Waals surface area contributed by atoms with Crippen molar-refractivity contribution in [3.63, 3.8) is 0 Å². The fraction of sp³-hybridized carbons (Fsp3) is 0.300. The number of anilines is 1. The molecule has 0 bridgehead atoms. The molecule has 5 heteroatoms. The number of nitrogens with two attached hydrogens (primary N) is 1. The van der Waals surface area contributed by atoms with E-state index in [9.17, 15) is 0 Å². The van der Waals surface area contributed by atoms with Crippen LogP contribution in [0.2, 0.25) is 0 Å². The molecule has 1 rings (SSSR count). The lowest BCUT2D eigenvalue weighted by Gasteiger charge is -2.11. The maximum absolute atomic E-state index is 8.66. The minimum absolute atomic E-state index is 0.424. The molecule has 1 aromatic rings. The second-order valence-electron chi connectivity index (χ2n) is 2.98. The first-order chi connectivity index (χ1) is 7.13. The van der Waals surface area contributed by atoms with E-state index in [0.717, 1.165) is 0 Å². The molecule has 0 aromatic heterocycles. The topological polar surface area (TPSA) is 77.1 Å². The van der Waals surface area contributed by atoms with Gasteiger partial charge in [-0.1, -0.05) is 5.16 Å². The van der Waals surface area contributed by atoms with Gasteiger partial charge < -0.3 is 20.4 Å². The molecule has 0 aliphatic carbocycles. The van der Waals surface area contributed by atoms with Crippen molar-refractivity contribution in [2.75, 3.05) is 20.0 Å². The zero-order chi connectivity index (χ0) is 11.4. The number of oxime groups is 1. The highest BCUT2D eigenvalue weighted by Gasteiger charge is 2.11. The van der Waals surface area contributed by atoms with Gasteiger partial charge in [0.25, 0.3) is 0 Å². The summed E-state index contributed by atoms with van der Waals surface area (Å²) in [6.07, 6.45) is 0. The van der Waals surface area contributed by atoms with Crippen molar-refractivity contribution in [2.24, 2.45) is 5.16 Å². The number of nitrogens with zero attached hydrogens (tertiary/aromatic N) is 1. The van der Waals surface area contributed by atoms with Crippen LogP contribution in [0.25, 0.3) is 0 Å². The Bertz CT molecular complexity index is 388. The normalized spacial score (nSPS) is 11.3. The van der Waals surface area contributed by atoms with Crippen LogP contribution in [0.15, 0.2) is 17.3 Å². The molecule has 0 aliphatic heterocycles. The Balaban J connectivity index is 3.32. The third-order valence-corrected chi connectivity index (χ3v) is 2.10. The fourth-order valence-corrected chi connectivity index (χ4v) is 1.26. The second-order valence-corrected chi connectivity index (χ2v) is 2.98. The lowest BCUT2D eigenvalue weighted by atomic mass is 10.1. The van der Waals surface area contributed by atoms with E-state index in [-0.39, 0.29) is 0 Å². The number of hydrogen-bond acceptors (Lipinski definition) is 5. The third-order valence-electron chi connectivity index (χ3n) is 2.10. The number of ether oxygens (including phenoxy) is 2. The van der Waals surface area contributed by atoms with E-state index < -0.39 is 0 Å². The summed E-state index contributed by atoms with van der Waals surface area (Å²) in [5, 5.41) is 11.8. The summed E-state index contributed by atoms with van der Waals surface area (Å²) in [6, 6.07) is 3.30. The summed E-state index contributed by atoms with van der Waals surface area (Å²) in [7, 11) is 3.06. The Morgan fingerprint density at radius 1 is 1.27 bits per heavy atom. The highest BCUT2D eigenvalue weighted by atomic mass is 16.5. The highest BCUT2D eigenvalue weighted by molar-refractivity contribution is 6.03. The van der Waals surface area contributed by atoms with Gasteiger partial charge in [-0.15, -0.1) is 0 Å². The Morgan fingerprint density at radius 2 is 1.80 bits per heavy atom. The quantitative estimate of drug-likeness (QED) is 0.343. The molecular formula is C10H14N2O3. The zero-order valence-corrected chi connectivity index (χ0v) is 8.94. The molecule has 1 aromatic carbocycles. The zero-order valence-electron chi connectivity index (χ0n) is 8.94. The van der Waals surface area contributed by atoms with Crippen LogP contribution in [0.3, 0.4) is 0 Å². The molecule has 5 nitrogen and oxygen atoms in total. The molecular weight excluding hydrogens is 196 g/mol. The van der Waals surface area contributed by atoms with Gasteiger partial charge in [0.05, 0.1) is 19.9 Å². The molecule has 0 aliphatic rings. The largest absolute Gasteiger partial charge is 0.493 e. The predicted octanol–water partition coefficient (Wildman–Crippen LogP) is 1.48. The van der Waals surface area contributed by atoms with E-state index in [2.05, 4.69) is 5.16 Å². The minimum atomic E-state index is 0.424. The van der Waals surface area contributed by atoms with Gasteiger partial charge in [-0.25, -0.2) is 0 Å². The van der Waals surface area contributed by atoms with Crippen molar-refractivity contribution in [1.29, 1.82) is 0 Å². The van der Waals surface area contributed by atoms with E-state index in [4.69, 9.17) is 20.4 Å². The van der Waals surface area contributed by atoms with E-state index in [0.29, 0.717) is 28.5 Å². The van der Waals surface area contributed by atoms with Crippen LogP contribution in [0.5, 0.6) is 11.5 Å². The SMILES string of the molecule is COc1cc(N)c(C(C)=NO)cc1OC. The van der Waals surface area contributed by atoms with Crippen LogP contribution in [0.4, 0.5) is 5.69 Å². The molecule has 0 amide bonds. The van der Waals surface area contributed by atoms with Crippen LogP contribution >= 0.6 is 0 Å². The molecule has 3 N–H and O–H groups in total. The summed E-state index contributed by atoms with van der Waals surface area (Å²) in [6.45, 7) is 1.65. The molecule has 0 saturated heterocycles. The van der Waals surface area contributed by atoms with Crippen molar-refractivity contribution < 1.29 is 14.7 Å². The van der Waals surface area contributed by atoms with Gasteiger partial charge in [-0.2, -0.15) is 0 Å². The van der Waals surface area contributed by atoms with E-state index in [1.54, 1.807) is 19.1 Å². The number of hydrogen-bond donors (Lipinski definition) is 2. The molecule has 0 unspecified atom stereocenters. The Labute approximate surface area is 88.1 Å². The van der Waals surface area contributed by atoms with Crippen LogP contribution in [-0.4, -0.2) is 25.1 Å². The molecule has 0 radical (unpaired) electrons. The van der Waals surface area contributed by atoms with Gasteiger partial charge in [-0.3, -0.25) is 0 Å². The third kappa shape index (κ3) is 2.12. The lowest BCUT2D eigenvalue weighted by Crippen LogP contribution is -2.03. The first-order valence-corrected chi connectivity index (χ1v) is 4.34. The maximum Gasteiger partial charge on any atom is 0.162 e. The average molecular weight is 210 g/mol. The smallest absolute Gasteiger partial charge is 0.162 e. The summed E-state index contributed by atoms with van der Waals surface area (Å²) >= 11 is 0. The van der Waals surface area contributed by atoms with Crippen LogP contribution in [0.1, 0.15) is 12.5 Å². The Kier molecular flexibility index (Phi) is 3.38. The van der Waals surface area contributed by atoms with Crippen LogP contribution < -0.4 is 15.2 Å². The first-order valence-electron chi connectivity index (χ1n) is 4.34. The van der Waals surface area contributed by atoms with Gasteiger partial charge in [0.1, 0.15) is 0 Å². The summed E-state index contributed by atoms with van der Waals surface area (Å²) in [5.74, 6) is 1.09. The average Bonchev–Trinajstić information content (AvgIpc) is 2.27. The molecule has 0 spiro atoms. The van der Waals surface area contributed by atoms with Gasteiger partial charge in [0, 0.05) is 17.3 Å². The van der Waals surface area contributed by atoms with Crippen LogP contribution in [-0.2, 0) is 0 Å². The summed E-state index contributed by atoms with van der Waals surface area (Å²) in [5.41, 5.74) is 7.29. The second kappa shape index (κ2) is 4.54. The molecule has 15 heavy (non-hydrogen) atoms. The highest BCUT2D eigenvalue weighted by Crippen LogP contribution is 2.32. The standard InChI is InChI=1S/C10H14N2O3/c1-6(12-13)7-4-9(14-2)10(15-3)5-8(7)11/h4-5,13H,11H2,1-3H3. The summed E-state index contributed by atoms with van der Waals surface area (Å²) < 4.78 is 10.2. The number of methoxy groups -OCH3 is 2. The number of benzene rings is 1. The Morgan fingerprint density at radius 3 is 2.27 bits per heavy atom. The van der Waals surface area contributed by atoms with Gasteiger partial charge >= 0.3 is 0 Å². The molecule has 0 fully saturated rings. The molecule has 82 valence electrons. The van der Waals surface area contributed by atoms with Crippen molar-refractivity contribution >= 4 is 11.4 Å². The van der Waals surface area contributed by atoms with Crippen molar-refractivity contribution in [3.8, 4) is 11.5 Å². The number of rotatable bonds is 3. The molecule has 0 saturated carbocycles. The van der Waals surface area contributed by atoms with Gasteiger partial charge in [0.15, 0.2) is 11.5 Å². The monoisotopic (exact) mass is 210 g/mol. The van der Waals surface area contributed by atoms with Gasteiger partial charge in [-0.05, 0) is 13.0 Å². The summed E-state index contributed by atoms with van der Waals surface area (Å²) in [4.78, 5) is 0. The van der Waals surface area contributed by atoms with Crippen molar-refractivity contribution in [3.05, 3.63) is 17.7 Å². The Hall–Kier alpha value is -1.91. The lowest BCUT2D eigenvalue weighted by molar-refractivity contribution is 0.319. The van der Waals surface area contributed by atoms with Gasteiger partial charge in [0.2, 0.25) is 0 Å². The molecule has 0 heterocycles. The molecule has 0 atom stereocenters. The van der Waals surface area contributed by atoms with Crippen LogP contribution in [0, 0.1) is 0 Å². The van der Waals surface area contributed by atoms with E-state index >= 15 is 0 Å².